The molecule has 0 atom stereocenters. The molecule has 0 aromatic carbocycles. The number of aromatic amines is 1. The van der Waals surface area contributed by atoms with E-state index in [0.29, 0.717) is 13.1 Å². The van der Waals surface area contributed by atoms with Gasteiger partial charge in [0.25, 0.3) is 5.56 Å². The Morgan fingerprint density at radius 2 is 2.00 bits per heavy atom. The molecule has 2 aromatic heterocycles. The molecule has 2 aromatic rings. The summed E-state index contributed by atoms with van der Waals surface area (Å²) in [6, 6.07) is 0. The van der Waals surface area contributed by atoms with Crippen molar-refractivity contribution in [2.24, 2.45) is 0 Å². The van der Waals surface area contributed by atoms with E-state index in [4.69, 9.17) is 4.98 Å². The number of likely N-dealkylation sites (tertiary alicyclic amines) is 1. The van der Waals surface area contributed by atoms with Crippen molar-refractivity contribution in [3.05, 3.63) is 33.8 Å². The Morgan fingerprint density at radius 3 is 2.63 bits per heavy atom. The van der Waals surface area contributed by atoms with Gasteiger partial charge in [0.1, 0.15) is 18.7 Å². The lowest BCUT2D eigenvalue weighted by Crippen LogP contribution is -2.46. The lowest BCUT2D eigenvalue weighted by Gasteiger charge is -2.39. The fraction of sp³-hybridized carbons (Fsp3) is 0.667. The van der Waals surface area contributed by atoms with E-state index in [1.165, 1.54) is 11.0 Å². The number of carbonyl (C=O) groups excluding carboxylic acids is 1. The van der Waals surface area contributed by atoms with Crippen molar-refractivity contribution in [1.82, 2.24) is 35.1 Å². The maximum Gasteiger partial charge on any atom is 0.254 e. The summed E-state index contributed by atoms with van der Waals surface area (Å²) in [4.78, 5) is 34.8. The molecule has 1 aliphatic carbocycles. The molecule has 1 saturated heterocycles. The van der Waals surface area contributed by atoms with Crippen LogP contribution in [0.2, 0.25) is 0 Å². The van der Waals surface area contributed by atoms with Gasteiger partial charge >= 0.3 is 0 Å². The number of fused-ring (bicyclic) bond motifs is 2. The van der Waals surface area contributed by atoms with Crippen LogP contribution < -0.4 is 5.56 Å². The average Bonchev–Trinajstić information content (AvgIpc) is 3.24. The van der Waals surface area contributed by atoms with Crippen LogP contribution in [0.1, 0.15) is 57.1 Å². The summed E-state index contributed by atoms with van der Waals surface area (Å²) in [7, 11) is 0. The van der Waals surface area contributed by atoms with Crippen molar-refractivity contribution < 1.29 is 4.79 Å². The van der Waals surface area contributed by atoms with E-state index in [1.807, 2.05) is 4.90 Å². The number of piperidine rings is 1. The highest BCUT2D eigenvalue weighted by atomic mass is 16.2. The Bertz CT molecular complexity index is 903. The first-order valence-electron chi connectivity index (χ1n) is 9.41. The van der Waals surface area contributed by atoms with Gasteiger partial charge in [-0.1, -0.05) is 20.8 Å². The SMILES string of the molecule is CC(C)(C)c1nc2c(c(=O)[nH]1)CCC21CCN(C(=O)Cn2cnnn2)CC1. The average molecular weight is 371 g/mol. The van der Waals surface area contributed by atoms with E-state index < -0.39 is 0 Å². The first-order valence-corrected chi connectivity index (χ1v) is 9.41. The minimum Gasteiger partial charge on any atom is -0.341 e. The van der Waals surface area contributed by atoms with Crippen LogP contribution in [-0.2, 0) is 28.6 Å². The van der Waals surface area contributed by atoms with Gasteiger partial charge in [-0.3, -0.25) is 9.59 Å². The number of aromatic nitrogens is 6. The van der Waals surface area contributed by atoms with Crippen LogP contribution in [0.5, 0.6) is 0 Å². The molecule has 2 aliphatic rings. The summed E-state index contributed by atoms with van der Waals surface area (Å²) in [5.41, 5.74) is 1.49. The van der Waals surface area contributed by atoms with Gasteiger partial charge in [-0.25, -0.2) is 9.67 Å². The number of rotatable bonds is 2. The molecule has 9 nitrogen and oxygen atoms in total. The molecule has 0 bridgehead atoms. The predicted octanol–water partition coefficient (Wildman–Crippen LogP) is 0.561. The zero-order valence-electron chi connectivity index (χ0n) is 16.0. The zero-order chi connectivity index (χ0) is 19.2. The third-order valence-electron chi connectivity index (χ3n) is 5.84. The third kappa shape index (κ3) is 3.15. The van der Waals surface area contributed by atoms with Gasteiger partial charge in [0.2, 0.25) is 5.91 Å². The van der Waals surface area contributed by atoms with Crippen LogP contribution in [0.3, 0.4) is 0 Å². The smallest absolute Gasteiger partial charge is 0.254 e. The molecule has 0 unspecified atom stereocenters. The van der Waals surface area contributed by atoms with E-state index in [0.717, 1.165) is 42.8 Å². The quantitative estimate of drug-likeness (QED) is 0.826. The third-order valence-corrected chi connectivity index (χ3v) is 5.84. The molecular formula is C18H25N7O2. The molecule has 1 spiro atoms. The molecule has 1 aliphatic heterocycles. The van der Waals surface area contributed by atoms with Gasteiger partial charge in [0.05, 0.1) is 5.69 Å². The number of carbonyl (C=O) groups is 1. The molecule has 1 N–H and O–H groups in total. The number of nitrogens with one attached hydrogen (secondary N) is 1. The Kier molecular flexibility index (Phi) is 4.12. The Balaban J connectivity index is 1.54. The number of nitrogens with zero attached hydrogens (tertiary/aromatic N) is 6. The van der Waals surface area contributed by atoms with Crippen molar-refractivity contribution in [1.29, 1.82) is 0 Å². The van der Waals surface area contributed by atoms with E-state index in [-0.39, 0.29) is 28.8 Å². The molecule has 1 amide bonds. The van der Waals surface area contributed by atoms with E-state index in [2.05, 4.69) is 41.3 Å². The molecule has 0 saturated carbocycles. The zero-order valence-corrected chi connectivity index (χ0v) is 16.0. The van der Waals surface area contributed by atoms with Crippen LogP contribution >= 0.6 is 0 Å². The molecule has 3 heterocycles. The Morgan fingerprint density at radius 1 is 1.26 bits per heavy atom. The topological polar surface area (TPSA) is 110 Å². The minimum absolute atomic E-state index is 0.000937. The standard InChI is InChI=1S/C18H25N7O2/c1-17(2,3)16-20-14-12(15(27)21-16)4-5-18(14)6-8-24(9-7-18)13(26)10-25-11-19-22-23-25/h11H,4-10H2,1-3H3,(H,20,21,27). The van der Waals surface area contributed by atoms with Crippen molar-refractivity contribution in [3.8, 4) is 0 Å². The first-order chi connectivity index (χ1) is 12.8. The molecular weight excluding hydrogens is 346 g/mol. The number of H-pyrrole nitrogens is 1. The van der Waals surface area contributed by atoms with Crippen LogP contribution in [0.4, 0.5) is 0 Å². The lowest BCUT2D eigenvalue weighted by molar-refractivity contribution is -0.133. The Labute approximate surface area is 157 Å². The minimum atomic E-state index is -0.208. The van der Waals surface area contributed by atoms with Crippen LogP contribution in [0, 0.1) is 0 Å². The lowest BCUT2D eigenvalue weighted by atomic mass is 9.76. The fourth-order valence-electron chi connectivity index (χ4n) is 4.17. The Hall–Kier alpha value is -2.58. The molecule has 9 heteroatoms. The van der Waals surface area contributed by atoms with Crippen LogP contribution in [-0.4, -0.2) is 54.1 Å². The molecule has 144 valence electrons. The second kappa shape index (κ2) is 6.24. The highest BCUT2D eigenvalue weighted by Gasteiger charge is 2.45. The van der Waals surface area contributed by atoms with Gasteiger partial charge in [-0.05, 0) is 36.1 Å². The summed E-state index contributed by atoms with van der Waals surface area (Å²) in [5, 5.41) is 10.9. The number of tetrazole rings is 1. The van der Waals surface area contributed by atoms with Gasteiger partial charge < -0.3 is 9.88 Å². The van der Waals surface area contributed by atoms with Crippen LogP contribution in [0.25, 0.3) is 0 Å². The van der Waals surface area contributed by atoms with Crippen molar-refractivity contribution in [2.75, 3.05) is 13.1 Å². The second-order valence-corrected chi connectivity index (χ2v) is 8.66. The van der Waals surface area contributed by atoms with Gasteiger partial charge in [0.15, 0.2) is 0 Å². The number of hydrogen-bond donors (Lipinski definition) is 1. The highest BCUT2D eigenvalue weighted by Crippen LogP contribution is 2.44. The normalized spacial score (nSPS) is 18.7. The van der Waals surface area contributed by atoms with Crippen molar-refractivity contribution in [2.45, 2.75) is 63.8 Å². The van der Waals surface area contributed by atoms with Crippen molar-refractivity contribution in [3.63, 3.8) is 0 Å². The summed E-state index contributed by atoms with van der Waals surface area (Å²) >= 11 is 0. The molecule has 27 heavy (non-hydrogen) atoms. The number of hydrogen-bond acceptors (Lipinski definition) is 6. The highest BCUT2D eigenvalue weighted by molar-refractivity contribution is 5.76. The molecule has 0 radical (unpaired) electrons. The molecule has 4 rings (SSSR count). The maximum absolute atomic E-state index is 12.6. The van der Waals surface area contributed by atoms with Crippen LogP contribution in [0.15, 0.2) is 11.1 Å². The predicted molar refractivity (Wildman–Crippen MR) is 97.2 cm³/mol. The second-order valence-electron chi connectivity index (χ2n) is 8.66. The summed E-state index contributed by atoms with van der Waals surface area (Å²) in [5.74, 6) is 0.759. The van der Waals surface area contributed by atoms with Gasteiger partial charge in [-0.2, -0.15) is 0 Å². The summed E-state index contributed by atoms with van der Waals surface area (Å²) in [6.45, 7) is 7.65. The summed E-state index contributed by atoms with van der Waals surface area (Å²) in [6.07, 6.45) is 4.81. The first kappa shape index (κ1) is 17.8. The maximum atomic E-state index is 12.6. The van der Waals surface area contributed by atoms with Gasteiger partial charge in [0, 0.05) is 29.5 Å². The number of amides is 1. The largest absolute Gasteiger partial charge is 0.341 e. The van der Waals surface area contributed by atoms with E-state index in [1.54, 1.807) is 0 Å². The van der Waals surface area contributed by atoms with Crippen molar-refractivity contribution >= 4 is 5.91 Å². The van der Waals surface area contributed by atoms with E-state index in [9.17, 15) is 9.59 Å². The van der Waals surface area contributed by atoms with Gasteiger partial charge in [-0.15, -0.1) is 5.10 Å². The molecule has 1 fully saturated rings. The monoisotopic (exact) mass is 371 g/mol. The fourth-order valence-corrected chi connectivity index (χ4v) is 4.17. The summed E-state index contributed by atoms with van der Waals surface area (Å²) < 4.78 is 1.44. The van der Waals surface area contributed by atoms with E-state index >= 15 is 0 Å².